The number of carboxylic acids is 1. The van der Waals surface area contributed by atoms with Gasteiger partial charge in [0, 0.05) is 6.20 Å². The Morgan fingerprint density at radius 1 is 1.67 bits per heavy atom. The fourth-order valence-corrected chi connectivity index (χ4v) is 0.833. The van der Waals surface area contributed by atoms with Crippen molar-refractivity contribution in [2.45, 2.75) is 5.00 Å². The minimum absolute atomic E-state index is 0. The summed E-state index contributed by atoms with van der Waals surface area (Å²) in [6.45, 7) is 0. The summed E-state index contributed by atoms with van der Waals surface area (Å²) in [5.74, 6) is -1.16. The summed E-state index contributed by atoms with van der Waals surface area (Å²) in [7, 11) is 0. The van der Waals surface area contributed by atoms with Crippen LogP contribution in [0.2, 0.25) is 0 Å². The lowest BCUT2D eigenvalue weighted by atomic mass is 10.2. The number of hydrogen-bond donors (Lipinski definition) is 2. The van der Waals surface area contributed by atoms with Gasteiger partial charge in [0.15, 0.2) is 0 Å². The van der Waals surface area contributed by atoms with E-state index >= 15 is 0 Å². The lowest BCUT2D eigenvalue weighted by molar-refractivity contribution is -0.139. The van der Waals surface area contributed by atoms with Crippen LogP contribution in [0.5, 0.6) is 0 Å². The number of aliphatic carboxylic acids is 1. The highest BCUT2D eigenvalue weighted by Gasteiger charge is 2.33. The fraction of sp³-hybridized carbons (Fsp3) is 0.167. The molecule has 68 valence electrons. The van der Waals surface area contributed by atoms with Crippen molar-refractivity contribution in [3.63, 3.8) is 0 Å². The van der Waals surface area contributed by atoms with Crippen LogP contribution in [-0.4, -0.2) is 16.1 Å². The molecule has 1 heterocycles. The van der Waals surface area contributed by atoms with E-state index in [0.29, 0.717) is 5.03 Å². The number of carboxylic acid groups (broad SMARTS) is 1. The molecule has 0 saturated carbocycles. The Morgan fingerprint density at radius 2 is 2.25 bits per heavy atom. The molecular formula is C6H6Cl3NO2. The minimum atomic E-state index is -1.54. The highest BCUT2D eigenvalue weighted by Crippen LogP contribution is 2.20. The Kier molecular flexibility index (Phi) is 3.90. The Bertz CT molecular complexity index is 251. The van der Waals surface area contributed by atoms with Gasteiger partial charge in [0.1, 0.15) is 0 Å². The lowest BCUT2D eigenvalue weighted by Gasteiger charge is -2.21. The first-order valence-electron chi connectivity index (χ1n) is 2.79. The van der Waals surface area contributed by atoms with E-state index in [-0.39, 0.29) is 12.4 Å². The predicted octanol–water partition coefficient (Wildman–Crippen LogP) is 1.67. The van der Waals surface area contributed by atoms with Crippen LogP contribution in [0.1, 0.15) is 0 Å². The number of alkyl halides is 1. The number of dihydropyridines is 1. The zero-order chi connectivity index (χ0) is 8.48. The van der Waals surface area contributed by atoms with Gasteiger partial charge in [0.25, 0.3) is 0 Å². The first-order chi connectivity index (χ1) is 5.04. The molecule has 0 spiro atoms. The maximum Gasteiger partial charge on any atom is 0.349 e. The van der Waals surface area contributed by atoms with Gasteiger partial charge in [0.2, 0.25) is 5.00 Å². The average molecular weight is 230 g/mol. The van der Waals surface area contributed by atoms with Crippen molar-refractivity contribution in [1.82, 2.24) is 5.32 Å². The average Bonchev–Trinajstić information content (AvgIpc) is 1.95. The zero-order valence-electron chi connectivity index (χ0n) is 5.75. The molecule has 1 atom stereocenters. The fourth-order valence-electron chi connectivity index (χ4n) is 0.598. The van der Waals surface area contributed by atoms with Crippen LogP contribution >= 0.6 is 35.6 Å². The molecular weight excluding hydrogens is 224 g/mol. The van der Waals surface area contributed by atoms with E-state index in [0.717, 1.165) is 0 Å². The van der Waals surface area contributed by atoms with Crippen LogP contribution in [0.3, 0.4) is 0 Å². The predicted molar refractivity (Wildman–Crippen MR) is 49.7 cm³/mol. The standard InChI is InChI=1S/C6H5Cl2NO2.ClH/c7-4-1-2-6(8,5(10)11)9-3-4;/h1-3,9H,(H,10,11);1H. The highest BCUT2D eigenvalue weighted by molar-refractivity contribution is 6.36. The van der Waals surface area contributed by atoms with Gasteiger partial charge in [0.05, 0.1) is 5.03 Å². The van der Waals surface area contributed by atoms with Gasteiger partial charge >= 0.3 is 5.97 Å². The summed E-state index contributed by atoms with van der Waals surface area (Å²) in [5.41, 5.74) is 0. The molecule has 1 aliphatic heterocycles. The van der Waals surface area contributed by atoms with E-state index in [1.165, 1.54) is 18.4 Å². The van der Waals surface area contributed by atoms with E-state index in [9.17, 15) is 4.79 Å². The minimum Gasteiger partial charge on any atom is -0.478 e. The number of allylic oxidation sites excluding steroid dienone is 2. The molecule has 2 N–H and O–H groups in total. The van der Waals surface area contributed by atoms with Gasteiger partial charge in [-0.15, -0.1) is 12.4 Å². The maximum absolute atomic E-state index is 10.5. The Hall–Kier alpha value is -0.380. The van der Waals surface area contributed by atoms with Gasteiger partial charge in [-0.3, -0.25) is 0 Å². The van der Waals surface area contributed by atoms with Crippen molar-refractivity contribution in [1.29, 1.82) is 0 Å². The number of hydrogen-bond acceptors (Lipinski definition) is 2. The van der Waals surface area contributed by atoms with E-state index < -0.39 is 11.0 Å². The summed E-state index contributed by atoms with van der Waals surface area (Å²) in [4.78, 5) is 8.92. The topological polar surface area (TPSA) is 49.3 Å². The molecule has 1 rings (SSSR count). The van der Waals surface area contributed by atoms with Crippen LogP contribution in [0.15, 0.2) is 23.4 Å². The van der Waals surface area contributed by atoms with Gasteiger partial charge in [-0.1, -0.05) is 23.2 Å². The van der Waals surface area contributed by atoms with Crippen molar-refractivity contribution >= 4 is 41.6 Å². The molecule has 1 aliphatic rings. The van der Waals surface area contributed by atoms with Crippen molar-refractivity contribution < 1.29 is 9.90 Å². The third-order valence-corrected chi connectivity index (χ3v) is 1.84. The van der Waals surface area contributed by atoms with Crippen molar-refractivity contribution in [2.75, 3.05) is 0 Å². The zero-order valence-corrected chi connectivity index (χ0v) is 8.08. The second-order valence-electron chi connectivity index (χ2n) is 2.02. The summed E-state index contributed by atoms with van der Waals surface area (Å²) in [6, 6.07) is 0. The molecule has 0 fully saturated rings. The molecule has 0 amide bonds. The summed E-state index contributed by atoms with van der Waals surface area (Å²) in [5, 5.41) is 11.4. The lowest BCUT2D eigenvalue weighted by Crippen LogP contribution is -2.43. The molecule has 12 heavy (non-hydrogen) atoms. The molecule has 0 aromatic carbocycles. The number of halogens is 3. The smallest absolute Gasteiger partial charge is 0.349 e. The second-order valence-corrected chi connectivity index (χ2v) is 3.06. The third kappa shape index (κ3) is 2.30. The third-order valence-electron chi connectivity index (χ3n) is 1.20. The largest absolute Gasteiger partial charge is 0.478 e. The maximum atomic E-state index is 10.5. The monoisotopic (exact) mass is 229 g/mol. The first-order valence-corrected chi connectivity index (χ1v) is 3.55. The van der Waals surface area contributed by atoms with Crippen LogP contribution < -0.4 is 5.32 Å². The molecule has 0 aromatic heterocycles. The SMILES string of the molecule is Cl.O=C(O)C1(Cl)C=CC(Cl)=CN1. The molecule has 0 aromatic rings. The molecule has 0 saturated heterocycles. The summed E-state index contributed by atoms with van der Waals surface area (Å²) >= 11 is 11.1. The van der Waals surface area contributed by atoms with Gasteiger partial charge in [-0.05, 0) is 12.2 Å². The molecule has 6 heteroatoms. The van der Waals surface area contributed by atoms with E-state index in [1.807, 2.05) is 0 Å². The second kappa shape index (κ2) is 4.03. The quantitative estimate of drug-likeness (QED) is 0.532. The van der Waals surface area contributed by atoms with Crippen molar-refractivity contribution in [3.05, 3.63) is 23.4 Å². The Labute approximate surface area is 85.4 Å². The van der Waals surface area contributed by atoms with Gasteiger partial charge < -0.3 is 10.4 Å². The Morgan fingerprint density at radius 3 is 2.58 bits per heavy atom. The first kappa shape index (κ1) is 11.6. The summed E-state index contributed by atoms with van der Waals surface area (Å²) in [6.07, 6.45) is 4.04. The molecule has 0 radical (unpaired) electrons. The van der Waals surface area contributed by atoms with Gasteiger partial charge in [-0.25, -0.2) is 4.79 Å². The number of nitrogens with one attached hydrogen (secondary N) is 1. The number of rotatable bonds is 1. The van der Waals surface area contributed by atoms with E-state index in [2.05, 4.69) is 5.32 Å². The highest BCUT2D eigenvalue weighted by atomic mass is 35.5. The van der Waals surface area contributed by atoms with Crippen molar-refractivity contribution in [3.8, 4) is 0 Å². The van der Waals surface area contributed by atoms with E-state index in [1.54, 1.807) is 0 Å². The van der Waals surface area contributed by atoms with Crippen LogP contribution in [0.25, 0.3) is 0 Å². The normalized spacial score (nSPS) is 26.7. The van der Waals surface area contributed by atoms with Crippen LogP contribution in [0, 0.1) is 0 Å². The van der Waals surface area contributed by atoms with Crippen LogP contribution in [0.4, 0.5) is 0 Å². The summed E-state index contributed by atoms with van der Waals surface area (Å²) < 4.78 is 0. The van der Waals surface area contributed by atoms with Crippen molar-refractivity contribution in [2.24, 2.45) is 0 Å². The van der Waals surface area contributed by atoms with Crippen LogP contribution in [-0.2, 0) is 4.79 Å². The molecule has 1 unspecified atom stereocenters. The Balaban J connectivity index is 0.00000121. The van der Waals surface area contributed by atoms with E-state index in [4.69, 9.17) is 28.3 Å². The molecule has 0 aliphatic carbocycles. The molecule has 0 bridgehead atoms. The van der Waals surface area contributed by atoms with Gasteiger partial charge in [-0.2, -0.15) is 0 Å². The number of carbonyl (C=O) groups is 1. The molecule has 3 nitrogen and oxygen atoms in total.